The van der Waals surface area contributed by atoms with E-state index in [1.807, 2.05) is 0 Å². The predicted molar refractivity (Wildman–Crippen MR) is 68.5 cm³/mol. The van der Waals surface area contributed by atoms with E-state index >= 15 is 0 Å². The molecule has 0 saturated heterocycles. The molecule has 0 aromatic heterocycles. The summed E-state index contributed by atoms with van der Waals surface area (Å²) in [5, 5.41) is 3.27. The number of sulfonamides is 1. The van der Waals surface area contributed by atoms with E-state index in [9.17, 15) is 8.42 Å². The van der Waals surface area contributed by atoms with Crippen LogP contribution in [0.1, 0.15) is 0 Å². The molecule has 0 radical (unpaired) electrons. The van der Waals surface area contributed by atoms with Crippen molar-refractivity contribution in [1.29, 1.82) is 5.53 Å². The monoisotopic (exact) mass is 261 g/mol. The van der Waals surface area contributed by atoms with Gasteiger partial charge >= 0.3 is 0 Å². The lowest BCUT2D eigenvalue weighted by atomic mass is 10.3. The van der Waals surface area contributed by atoms with Crippen LogP contribution in [0.4, 0.5) is 11.4 Å². The van der Waals surface area contributed by atoms with Crippen molar-refractivity contribution < 1.29 is 8.42 Å². The molecule has 0 aliphatic heterocycles. The maximum Gasteiger partial charge on any atom is 0.261 e. The Hall–Kier alpha value is -2.21. The van der Waals surface area contributed by atoms with Gasteiger partial charge in [0.2, 0.25) is 0 Å². The summed E-state index contributed by atoms with van der Waals surface area (Å²) in [5.74, 6) is 0. The van der Waals surface area contributed by atoms with Crippen molar-refractivity contribution in [3.8, 4) is 0 Å². The van der Waals surface area contributed by atoms with Gasteiger partial charge in [-0.3, -0.25) is 4.72 Å². The Bertz CT molecular complexity index is 654. The Kier molecular flexibility index (Phi) is 3.38. The summed E-state index contributed by atoms with van der Waals surface area (Å²) < 4.78 is 26.5. The number of benzene rings is 2. The highest BCUT2D eigenvalue weighted by Crippen LogP contribution is 2.26. The number of nitrogens with one attached hydrogen (secondary N) is 2. The topological polar surface area (TPSA) is 82.4 Å². The first-order valence-corrected chi connectivity index (χ1v) is 6.66. The maximum atomic E-state index is 12.1. The average molecular weight is 261 g/mol. The Morgan fingerprint density at radius 3 is 2.22 bits per heavy atom. The van der Waals surface area contributed by atoms with Crippen LogP contribution in [0.5, 0.6) is 0 Å². The zero-order valence-electron chi connectivity index (χ0n) is 9.37. The van der Waals surface area contributed by atoms with E-state index in [0.717, 1.165) is 0 Å². The molecule has 2 rings (SSSR count). The quantitative estimate of drug-likeness (QED) is 0.829. The molecule has 6 heteroatoms. The summed E-state index contributed by atoms with van der Waals surface area (Å²) in [6.45, 7) is 0. The Morgan fingerprint density at radius 1 is 0.944 bits per heavy atom. The van der Waals surface area contributed by atoms with E-state index < -0.39 is 10.0 Å². The van der Waals surface area contributed by atoms with Gasteiger partial charge in [-0.05, 0) is 24.3 Å². The second kappa shape index (κ2) is 4.97. The van der Waals surface area contributed by atoms with Crippen molar-refractivity contribution in [3.05, 3.63) is 54.6 Å². The predicted octanol–water partition coefficient (Wildman–Crippen LogP) is 3.15. The molecule has 5 nitrogen and oxygen atoms in total. The molecule has 0 amide bonds. The molecule has 0 atom stereocenters. The van der Waals surface area contributed by atoms with Gasteiger partial charge in [0, 0.05) is 0 Å². The fraction of sp³-hybridized carbons (Fsp3) is 0. The Labute approximate surface area is 105 Å². The molecule has 0 unspecified atom stereocenters. The molecular weight excluding hydrogens is 250 g/mol. The molecule has 0 heterocycles. The van der Waals surface area contributed by atoms with Crippen LogP contribution in [0.15, 0.2) is 64.6 Å². The van der Waals surface area contributed by atoms with Gasteiger partial charge in [-0.15, -0.1) is 0 Å². The first kappa shape index (κ1) is 12.3. The van der Waals surface area contributed by atoms with Gasteiger partial charge in [-0.1, -0.05) is 30.3 Å². The van der Waals surface area contributed by atoms with Crippen LogP contribution in [-0.2, 0) is 10.0 Å². The molecule has 0 saturated carbocycles. The summed E-state index contributed by atoms with van der Waals surface area (Å²) in [6, 6.07) is 14.5. The van der Waals surface area contributed by atoms with Crippen LogP contribution < -0.4 is 4.72 Å². The minimum Gasteiger partial charge on any atom is -0.277 e. The third kappa shape index (κ3) is 2.54. The molecular formula is C12H11N3O2S. The fourth-order valence-electron chi connectivity index (χ4n) is 1.46. The zero-order valence-corrected chi connectivity index (χ0v) is 10.2. The van der Waals surface area contributed by atoms with Gasteiger partial charge in [0.05, 0.1) is 10.6 Å². The second-order valence-corrected chi connectivity index (χ2v) is 5.23. The van der Waals surface area contributed by atoms with E-state index in [2.05, 4.69) is 9.84 Å². The second-order valence-electron chi connectivity index (χ2n) is 3.55. The zero-order chi connectivity index (χ0) is 13.0. The van der Waals surface area contributed by atoms with Crippen molar-refractivity contribution in [2.75, 3.05) is 4.72 Å². The number of rotatable bonds is 4. The number of para-hydroxylation sites is 2. The molecule has 0 aliphatic rings. The van der Waals surface area contributed by atoms with Gasteiger partial charge in [0.1, 0.15) is 5.69 Å². The van der Waals surface area contributed by atoms with Crippen molar-refractivity contribution in [2.45, 2.75) is 4.90 Å². The van der Waals surface area contributed by atoms with E-state index in [0.29, 0.717) is 0 Å². The van der Waals surface area contributed by atoms with Gasteiger partial charge in [-0.2, -0.15) is 5.11 Å². The minimum atomic E-state index is -3.64. The molecule has 2 N–H and O–H groups in total. The Morgan fingerprint density at radius 2 is 1.56 bits per heavy atom. The molecule has 0 aliphatic carbocycles. The van der Waals surface area contributed by atoms with E-state index in [-0.39, 0.29) is 16.3 Å². The van der Waals surface area contributed by atoms with Crippen LogP contribution >= 0.6 is 0 Å². The summed E-state index contributed by atoms with van der Waals surface area (Å²) in [7, 11) is -3.64. The van der Waals surface area contributed by atoms with E-state index in [1.54, 1.807) is 42.5 Å². The average Bonchev–Trinajstić information content (AvgIpc) is 2.40. The van der Waals surface area contributed by atoms with Crippen molar-refractivity contribution in [1.82, 2.24) is 0 Å². The third-order valence-corrected chi connectivity index (χ3v) is 3.70. The van der Waals surface area contributed by atoms with Crippen LogP contribution in [-0.4, -0.2) is 8.42 Å². The first-order chi connectivity index (χ1) is 8.63. The van der Waals surface area contributed by atoms with Gasteiger partial charge in [-0.25, -0.2) is 13.9 Å². The Balaban J connectivity index is 2.37. The van der Waals surface area contributed by atoms with E-state index in [1.165, 1.54) is 12.1 Å². The number of anilines is 1. The molecule has 0 spiro atoms. The lowest BCUT2D eigenvalue weighted by molar-refractivity contribution is 0.601. The molecule has 2 aromatic carbocycles. The lowest BCUT2D eigenvalue weighted by Crippen LogP contribution is -2.12. The summed E-state index contributed by atoms with van der Waals surface area (Å²) in [6.07, 6.45) is 0. The summed E-state index contributed by atoms with van der Waals surface area (Å²) >= 11 is 0. The minimum absolute atomic E-state index is 0.171. The van der Waals surface area contributed by atoms with Crippen molar-refractivity contribution in [3.63, 3.8) is 0 Å². The molecule has 0 fully saturated rings. The van der Waals surface area contributed by atoms with Crippen LogP contribution in [0.2, 0.25) is 0 Å². The number of nitrogens with zero attached hydrogens (tertiary/aromatic N) is 1. The molecule has 18 heavy (non-hydrogen) atoms. The largest absolute Gasteiger partial charge is 0.277 e. The highest BCUT2D eigenvalue weighted by atomic mass is 32.2. The molecule has 2 aromatic rings. The third-order valence-electron chi connectivity index (χ3n) is 2.32. The number of hydrogen-bond donors (Lipinski definition) is 2. The lowest BCUT2D eigenvalue weighted by Gasteiger charge is -2.09. The molecule has 92 valence electrons. The first-order valence-electron chi connectivity index (χ1n) is 5.18. The normalized spacial score (nSPS) is 10.9. The SMILES string of the molecule is N=Nc1ccccc1NS(=O)(=O)c1ccccc1. The van der Waals surface area contributed by atoms with Crippen molar-refractivity contribution in [2.24, 2.45) is 5.11 Å². The van der Waals surface area contributed by atoms with Gasteiger partial charge in [0.15, 0.2) is 0 Å². The smallest absolute Gasteiger partial charge is 0.261 e. The summed E-state index contributed by atoms with van der Waals surface area (Å²) in [5.41, 5.74) is 7.55. The van der Waals surface area contributed by atoms with Gasteiger partial charge < -0.3 is 0 Å². The van der Waals surface area contributed by atoms with Crippen molar-refractivity contribution >= 4 is 21.4 Å². The highest BCUT2D eigenvalue weighted by Gasteiger charge is 2.14. The standard InChI is InChI=1S/C12H11N3O2S/c13-14-11-8-4-5-9-12(11)15-18(16,17)10-6-2-1-3-7-10/h1-9,13,15H. The highest BCUT2D eigenvalue weighted by molar-refractivity contribution is 7.92. The molecule has 0 bridgehead atoms. The van der Waals surface area contributed by atoms with Crippen LogP contribution in [0.3, 0.4) is 0 Å². The number of hydrogen-bond acceptors (Lipinski definition) is 4. The van der Waals surface area contributed by atoms with Gasteiger partial charge in [0.25, 0.3) is 10.0 Å². The fourth-order valence-corrected chi connectivity index (χ4v) is 2.56. The van der Waals surface area contributed by atoms with Crippen LogP contribution in [0, 0.1) is 5.53 Å². The van der Waals surface area contributed by atoms with Crippen LogP contribution in [0.25, 0.3) is 0 Å². The van der Waals surface area contributed by atoms with E-state index in [4.69, 9.17) is 5.53 Å². The summed E-state index contributed by atoms with van der Waals surface area (Å²) in [4.78, 5) is 0.171. The maximum absolute atomic E-state index is 12.1.